The first-order chi connectivity index (χ1) is 8.75. The van der Waals surface area contributed by atoms with Gasteiger partial charge in [0, 0.05) is 6.54 Å². The molecule has 0 radical (unpaired) electrons. The van der Waals surface area contributed by atoms with Crippen molar-refractivity contribution < 1.29 is 14.6 Å². The van der Waals surface area contributed by atoms with Crippen molar-refractivity contribution in [2.24, 2.45) is 0 Å². The molecule has 0 atom stereocenters. The summed E-state index contributed by atoms with van der Waals surface area (Å²) in [6.45, 7) is 1.30. The number of rotatable bonds is 7. The van der Waals surface area contributed by atoms with Gasteiger partial charge in [-0.25, -0.2) is 0 Å². The minimum absolute atomic E-state index is 0.00216. The Hall–Kier alpha value is -1.08. The monoisotopic (exact) mass is 271 g/mol. The largest absolute Gasteiger partial charge is 0.481 e. The Morgan fingerprint density at radius 2 is 2.33 bits per heavy atom. The zero-order valence-electron chi connectivity index (χ0n) is 10.1. The van der Waals surface area contributed by atoms with E-state index in [0.717, 1.165) is 12.8 Å². The lowest BCUT2D eigenvalue weighted by molar-refractivity contribution is -0.133. The molecule has 0 spiro atoms. The molecule has 2 rings (SSSR count). The molecule has 6 nitrogen and oxygen atoms in total. The Balaban J connectivity index is 1.74. The molecule has 1 aliphatic rings. The molecule has 0 unspecified atom stereocenters. The maximum atomic E-state index is 10.5. The fourth-order valence-electron chi connectivity index (χ4n) is 2.01. The van der Waals surface area contributed by atoms with Gasteiger partial charge >= 0.3 is 5.97 Å². The Kier molecular flexibility index (Phi) is 5.00. The van der Waals surface area contributed by atoms with E-state index in [-0.39, 0.29) is 5.75 Å². The first-order valence-corrected chi connectivity index (χ1v) is 7.08. The lowest BCUT2D eigenvalue weighted by Gasteiger charge is -2.11. The summed E-state index contributed by atoms with van der Waals surface area (Å²) in [4.78, 5) is 10.5. The van der Waals surface area contributed by atoms with Crippen LogP contribution in [0.25, 0.3) is 0 Å². The van der Waals surface area contributed by atoms with Gasteiger partial charge in [0.15, 0.2) is 5.16 Å². The number of carboxylic acid groups (broad SMARTS) is 1. The molecular formula is C11H17N3O3S. The number of aliphatic carboxylic acids is 1. The second-order valence-corrected chi connectivity index (χ2v) is 5.21. The van der Waals surface area contributed by atoms with E-state index in [2.05, 4.69) is 10.2 Å². The van der Waals surface area contributed by atoms with Gasteiger partial charge in [-0.05, 0) is 12.8 Å². The Bertz CT molecular complexity index is 391. The van der Waals surface area contributed by atoms with Gasteiger partial charge in [0.2, 0.25) is 0 Å². The molecule has 0 aliphatic heterocycles. The highest BCUT2D eigenvalue weighted by molar-refractivity contribution is 7.99. The Labute approximate surface area is 110 Å². The zero-order chi connectivity index (χ0) is 12.8. The normalized spacial score (nSPS) is 16.2. The molecule has 1 N–H and O–H groups in total. The summed E-state index contributed by atoms with van der Waals surface area (Å²) in [5, 5.41) is 16.9. The third kappa shape index (κ3) is 3.99. The van der Waals surface area contributed by atoms with E-state index in [1.807, 2.05) is 4.57 Å². The van der Waals surface area contributed by atoms with Crippen molar-refractivity contribution in [3.8, 4) is 0 Å². The third-order valence-electron chi connectivity index (χ3n) is 2.89. The number of hydrogen-bond donors (Lipinski definition) is 1. The van der Waals surface area contributed by atoms with Crippen LogP contribution in [0.2, 0.25) is 0 Å². The molecule has 0 bridgehead atoms. The maximum absolute atomic E-state index is 10.5. The summed E-state index contributed by atoms with van der Waals surface area (Å²) < 4.78 is 7.59. The van der Waals surface area contributed by atoms with Crippen LogP contribution in [-0.4, -0.2) is 44.3 Å². The molecule has 0 amide bonds. The molecule has 100 valence electrons. The van der Waals surface area contributed by atoms with Crippen molar-refractivity contribution >= 4 is 17.7 Å². The third-order valence-corrected chi connectivity index (χ3v) is 3.86. The minimum atomic E-state index is -0.850. The van der Waals surface area contributed by atoms with Crippen LogP contribution in [0, 0.1) is 0 Å². The number of nitrogens with zero attached hydrogens (tertiary/aromatic N) is 3. The maximum Gasteiger partial charge on any atom is 0.313 e. The van der Waals surface area contributed by atoms with Crippen molar-refractivity contribution in [2.45, 2.75) is 43.5 Å². The summed E-state index contributed by atoms with van der Waals surface area (Å²) in [6, 6.07) is 0. The van der Waals surface area contributed by atoms with Crippen LogP contribution in [0.1, 0.15) is 25.7 Å². The number of carbonyl (C=O) groups is 1. The standard InChI is InChI=1S/C11H17N3O3S/c15-10(16)7-18-11-13-12-8-14(11)5-6-17-9-3-1-2-4-9/h8-9H,1-7H2,(H,15,16). The highest BCUT2D eigenvalue weighted by Gasteiger charge is 2.15. The van der Waals surface area contributed by atoms with E-state index in [1.165, 1.54) is 24.6 Å². The highest BCUT2D eigenvalue weighted by Crippen LogP contribution is 2.21. The van der Waals surface area contributed by atoms with Crippen molar-refractivity contribution in [3.63, 3.8) is 0 Å². The number of ether oxygens (including phenoxy) is 1. The second-order valence-electron chi connectivity index (χ2n) is 4.27. The topological polar surface area (TPSA) is 77.2 Å². The van der Waals surface area contributed by atoms with Crippen molar-refractivity contribution in [3.05, 3.63) is 6.33 Å². The van der Waals surface area contributed by atoms with Crippen molar-refractivity contribution in [1.29, 1.82) is 0 Å². The molecule has 1 fully saturated rings. The van der Waals surface area contributed by atoms with Gasteiger partial charge < -0.3 is 14.4 Å². The van der Waals surface area contributed by atoms with Gasteiger partial charge in [-0.1, -0.05) is 24.6 Å². The molecular weight excluding hydrogens is 254 g/mol. The summed E-state index contributed by atoms with van der Waals surface area (Å²) in [5.41, 5.74) is 0. The predicted octanol–water partition coefficient (Wildman–Crippen LogP) is 1.41. The fourth-order valence-corrected chi connectivity index (χ4v) is 2.67. The van der Waals surface area contributed by atoms with Crippen molar-refractivity contribution in [2.75, 3.05) is 12.4 Å². The van der Waals surface area contributed by atoms with E-state index in [0.29, 0.717) is 24.4 Å². The van der Waals surface area contributed by atoms with Gasteiger partial charge in [-0.3, -0.25) is 4.79 Å². The van der Waals surface area contributed by atoms with E-state index >= 15 is 0 Å². The SMILES string of the molecule is O=C(O)CSc1nncn1CCOC1CCCC1. The molecule has 1 aliphatic carbocycles. The van der Waals surface area contributed by atoms with Crippen LogP contribution in [0.15, 0.2) is 11.5 Å². The van der Waals surface area contributed by atoms with Crippen LogP contribution in [0.3, 0.4) is 0 Å². The molecule has 1 saturated carbocycles. The average Bonchev–Trinajstić information content (AvgIpc) is 2.97. The Morgan fingerprint density at radius 1 is 1.56 bits per heavy atom. The van der Waals surface area contributed by atoms with E-state index in [4.69, 9.17) is 9.84 Å². The predicted molar refractivity (Wildman–Crippen MR) is 66.6 cm³/mol. The average molecular weight is 271 g/mol. The minimum Gasteiger partial charge on any atom is -0.481 e. The molecule has 1 aromatic heterocycles. The van der Waals surface area contributed by atoms with Crippen LogP contribution < -0.4 is 0 Å². The van der Waals surface area contributed by atoms with Gasteiger partial charge in [0.1, 0.15) is 6.33 Å². The smallest absolute Gasteiger partial charge is 0.313 e. The van der Waals surface area contributed by atoms with E-state index in [1.54, 1.807) is 6.33 Å². The molecule has 0 saturated heterocycles. The Morgan fingerprint density at radius 3 is 3.06 bits per heavy atom. The summed E-state index contributed by atoms with van der Waals surface area (Å²) >= 11 is 1.18. The number of aromatic nitrogens is 3. The van der Waals surface area contributed by atoms with Gasteiger partial charge in [0.25, 0.3) is 0 Å². The molecule has 18 heavy (non-hydrogen) atoms. The van der Waals surface area contributed by atoms with E-state index in [9.17, 15) is 4.79 Å². The van der Waals surface area contributed by atoms with Crippen LogP contribution >= 0.6 is 11.8 Å². The summed E-state index contributed by atoms with van der Waals surface area (Å²) in [7, 11) is 0. The van der Waals surface area contributed by atoms with E-state index < -0.39 is 5.97 Å². The van der Waals surface area contributed by atoms with Gasteiger partial charge in [-0.15, -0.1) is 10.2 Å². The molecule has 1 heterocycles. The van der Waals surface area contributed by atoms with Crippen LogP contribution in [0.5, 0.6) is 0 Å². The molecule has 7 heteroatoms. The van der Waals surface area contributed by atoms with Gasteiger partial charge in [-0.2, -0.15) is 0 Å². The van der Waals surface area contributed by atoms with Crippen LogP contribution in [0.4, 0.5) is 0 Å². The zero-order valence-corrected chi connectivity index (χ0v) is 10.9. The molecule has 1 aromatic rings. The summed E-state index contributed by atoms with van der Waals surface area (Å²) in [6.07, 6.45) is 6.85. The fraction of sp³-hybridized carbons (Fsp3) is 0.727. The quantitative estimate of drug-likeness (QED) is 0.756. The van der Waals surface area contributed by atoms with Crippen LogP contribution in [-0.2, 0) is 16.1 Å². The number of hydrogen-bond acceptors (Lipinski definition) is 5. The first kappa shape index (κ1) is 13.4. The summed E-state index contributed by atoms with van der Waals surface area (Å²) in [5.74, 6) is -0.848. The number of carboxylic acids is 1. The molecule has 0 aromatic carbocycles. The lowest BCUT2D eigenvalue weighted by atomic mass is 10.3. The first-order valence-electron chi connectivity index (χ1n) is 6.09. The lowest BCUT2D eigenvalue weighted by Crippen LogP contribution is -2.13. The highest BCUT2D eigenvalue weighted by atomic mass is 32.2. The number of thioether (sulfide) groups is 1. The van der Waals surface area contributed by atoms with Crippen molar-refractivity contribution in [1.82, 2.24) is 14.8 Å². The second kappa shape index (κ2) is 6.75. The van der Waals surface area contributed by atoms with Gasteiger partial charge in [0.05, 0.1) is 18.5 Å².